The van der Waals surface area contributed by atoms with Crippen molar-refractivity contribution in [1.29, 1.82) is 0 Å². The number of halogens is 1. The lowest BCUT2D eigenvalue weighted by Crippen LogP contribution is -2.33. The van der Waals surface area contributed by atoms with Crippen molar-refractivity contribution in [3.8, 4) is 0 Å². The number of hydrogen-bond acceptors (Lipinski definition) is 3. The lowest BCUT2D eigenvalue weighted by molar-refractivity contribution is -0.141. The van der Waals surface area contributed by atoms with E-state index in [1.54, 1.807) is 20.0 Å². The van der Waals surface area contributed by atoms with Crippen LogP contribution in [0.25, 0.3) is 11.0 Å². The Bertz CT molecular complexity index is 707. The molecule has 0 saturated heterocycles. The summed E-state index contributed by atoms with van der Waals surface area (Å²) >= 11 is 3.40. The van der Waals surface area contributed by atoms with Gasteiger partial charge in [0.2, 0.25) is 0 Å². The summed E-state index contributed by atoms with van der Waals surface area (Å²) in [5, 5.41) is 9.74. The van der Waals surface area contributed by atoms with E-state index in [-0.39, 0.29) is 18.2 Å². The zero-order chi connectivity index (χ0) is 15.7. The number of nitrogens with zero attached hydrogens (tertiary/aromatic N) is 1. The molecule has 1 aromatic carbocycles. The van der Waals surface area contributed by atoms with Gasteiger partial charge < -0.3 is 14.4 Å². The Morgan fingerprint density at radius 3 is 2.67 bits per heavy atom. The summed E-state index contributed by atoms with van der Waals surface area (Å²) in [6, 6.07) is 5.47. The Morgan fingerprint density at radius 1 is 1.38 bits per heavy atom. The van der Waals surface area contributed by atoms with Gasteiger partial charge in [-0.3, -0.25) is 9.59 Å². The van der Waals surface area contributed by atoms with Gasteiger partial charge >= 0.3 is 5.97 Å². The van der Waals surface area contributed by atoms with Crippen molar-refractivity contribution in [2.45, 2.75) is 13.8 Å². The summed E-state index contributed by atoms with van der Waals surface area (Å²) < 4.78 is 6.54. The molecule has 1 N–H and O–H groups in total. The van der Waals surface area contributed by atoms with E-state index in [1.807, 2.05) is 19.1 Å². The number of furan rings is 1. The molecule has 0 aliphatic rings. The first-order valence-corrected chi connectivity index (χ1v) is 7.27. The van der Waals surface area contributed by atoms with Crippen LogP contribution in [0.2, 0.25) is 0 Å². The van der Waals surface area contributed by atoms with Gasteiger partial charge in [-0.05, 0) is 30.7 Å². The average Bonchev–Trinajstić information content (AvgIpc) is 2.81. The van der Waals surface area contributed by atoms with Crippen LogP contribution in [0, 0.1) is 12.8 Å². The highest BCUT2D eigenvalue weighted by Crippen LogP contribution is 2.27. The monoisotopic (exact) mass is 353 g/mol. The van der Waals surface area contributed by atoms with Gasteiger partial charge in [0, 0.05) is 23.5 Å². The number of carbonyl (C=O) groups is 2. The smallest absolute Gasteiger partial charge is 0.308 e. The second-order valence-corrected chi connectivity index (χ2v) is 6.09. The molecule has 112 valence electrons. The van der Waals surface area contributed by atoms with Crippen LogP contribution >= 0.6 is 15.9 Å². The minimum atomic E-state index is -0.931. The summed E-state index contributed by atoms with van der Waals surface area (Å²) in [7, 11) is 1.57. The molecule has 0 bridgehead atoms. The second kappa shape index (κ2) is 5.89. The number of carboxylic acid groups (broad SMARTS) is 1. The summed E-state index contributed by atoms with van der Waals surface area (Å²) in [5.41, 5.74) is 1.60. The minimum Gasteiger partial charge on any atom is -0.481 e. The lowest BCUT2D eigenvalue weighted by Gasteiger charge is -2.17. The molecule has 0 spiro atoms. The van der Waals surface area contributed by atoms with Gasteiger partial charge in [-0.1, -0.05) is 22.9 Å². The molecule has 2 aromatic rings. The van der Waals surface area contributed by atoms with Crippen molar-refractivity contribution in [3.63, 3.8) is 0 Å². The standard InChI is InChI=1S/C15H16BrNO4/c1-8-4-11(16)5-10-6-12(21-13(8)10)14(18)17(3)7-9(2)15(19)20/h4-6,9H,7H2,1-3H3,(H,19,20). The number of rotatable bonds is 4. The fourth-order valence-electron chi connectivity index (χ4n) is 2.15. The van der Waals surface area contributed by atoms with Crippen LogP contribution in [0.3, 0.4) is 0 Å². The Morgan fingerprint density at radius 2 is 2.05 bits per heavy atom. The van der Waals surface area contributed by atoms with Gasteiger partial charge in [-0.15, -0.1) is 0 Å². The average molecular weight is 354 g/mol. The highest BCUT2D eigenvalue weighted by molar-refractivity contribution is 9.10. The maximum absolute atomic E-state index is 12.3. The molecule has 0 aliphatic carbocycles. The van der Waals surface area contributed by atoms with Crippen molar-refractivity contribution in [2.24, 2.45) is 5.92 Å². The molecular formula is C15H16BrNO4. The largest absolute Gasteiger partial charge is 0.481 e. The van der Waals surface area contributed by atoms with Crippen LogP contribution in [-0.2, 0) is 4.79 Å². The van der Waals surface area contributed by atoms with Crippen LogP contribution in [0.4, 0.5) is 0 Å². The van der Waals surface area contributed by atoms with E-state index >= 15 is 0 Å². The van der Waals surface area contributed by atoms with Gasteiger partial charge in [0.15, 0.2) is 5.76 Å². The maximum atomic E-state index is 12.3. The molecule has 5 nitrogen and oxygen atoms in total. The van der Waals surface area contributed by atoms with Gasteiger partial charge in [0.1, 0.15) is 5.58 Å². The maximum Gasteiger partial charge on any atom is 0.308 e. The van der Waals surface area contributed by atoms with E-state index < -0.39 is 11.9 Å². The molecule has 1 heterocycles. The molecular weight excluding hydrogens is 338 g/mol. The Kier molecular flexibility index (Phi) is 4.37. The van der Waals surface area contributed by atoms with Gasteiger partial charge in [0.25, 0.3) is 5.91 Å². The van der Waals surface area contributed by atoms with Crippen molar-refractivity contribution in [1.82, 2.24) is 4.90 Å². The third-order valence-corrected chi connectivity index (χ3v) is 3.75. The molecule has 6 heteroatoms. The Balaban J connectivity index is 2.27. The lowest BCUT2D eigenvalue weighted by atomic mass is 10.1. The van der Waals surface area contributed by atoms with Crippen molar-refractivity contribution in [3.05, 3.63) is 34.0 Å². The summed E-state index contributed by atoms with van der Waals surface area (Å²) in [6.45, 7) is 3.60. The first kappa shape index (κ1) is 15.6. The fourth-order valence-corrected chi connectivity index (χ4v) is 2.74. The van der Waals surface area contributed by atoms with Gasteiger partial charge in [0.05, 0.1) is 5.92 Å². The molecule has 1 atom stereocenters. The minimum absolute atomic E-state index is 0.133. The van der Waals surface area contributed by atoms with Crippen molar-refractivity contribution < 1.29 is 19.1 Å². The number of benzene rings is 1. The number of fused-ring (bicyclic) bond motifs is 1. The molecule has 2 rings (SSSR count). The van der Waals surface area contributed by atoms with Gasteiger partial charge in [-0.25, -0.2) is 0 Å². The number of amides is 1. The van der Waals surface area contributed by atoms with Gasteiger partial charge in [-0.2, -0.15) is 0 Å². The second-order valence-electron chi connectivity index (χ2n) is 5.18. The van der Waals surface area contributed by atoms with E-state index in [0.29, 0.717) is 5.58 Å². The molecule has 21 heavy (non-hydrogen) atoms. The number of carboxylic acids is 1. The van der Waals surface area contributed by atoms with Crippen LogP contribution in [-0.4, -0.2) is 35.5 Å². The number of hydrogen-bond donors (Lipinski definition) is 1. The molecule has 0 saturated carbocycles. The first-order chi connectivity index (χ1) is 9.79. The van der Waals surface area contributed by atoms with E-state index in [9.17, 15) is 9.59 Å². The molecule has 0 aliphatic heterocycles. The third-order valence-electron chi connectivity index (χ3n) is 3.29. The molecule has 0 radical (unpaired) electrons. The topological polar surface area (TPSA) is 70.8 Å². The summed E-state index contributed by atoms with van der Waals surface area (Å²) in [4.78, 5) is 24.5. The van der Waals surface area contributed by atoms with Crippen LogP contribution in [0.15, 0.2) is 27.1 Å². The van der Waals surface area contributed by atoms with E-state index in [4.69, 9.17) is 9.52 Å². The Labute approximate surface area is 130 Å². The number of carbonyl (C=O) groups excluding carboxylic acids is 1. The third kappa shape index (κ3) is 3.26. The highest BCUT2D eigenvalue weighted by atomic mass is 79.9. The first-order valence-electron chi connectivity index (χ1n) is 6.47. The van der Waals surface area contributed by atoms with E-state index in [0.717, 1.165) is 15.4 Å². The molecule has 0 fully saturated rings. The van der Waals surface area contributed by atoms with Crippen LogP contribution in [0.5, 0.6) is 0 Å². The normalized spacial score (nSPS) is 12.4. The van der Waals surface area contributed by atoms with Crippen molar-refractivity contribution in [2.75, 3.05) is 13.6 Å². The van der Waals surface area contributed by atoms with Crippen LogP contribution < -0.4 is 0 Å². The summed E-state index contributed by atoms with van der Waals surface area (Å²) in [5.74, 6) is -1.67. The quantitative estimate of drug-likeness (QED) is 0.915. The zero-order valence-electron chi connectivity index (χ0n) is 12.0. The van der Waals surface area contributed by atoms with Crippen LogP contribution in [0.1, 0.15) is 23.0 Å². The van der Waals surface area contributed by atoms with E-state index in [1.165, 1.54) is 4.90 Å². The zero-order valence-corrected chi connectivity index (χ0v) is 13.6. The van der Waals surface area contributed by atoms with E-state index in [2.05, 4.69) is 15.9 Å². The Hall–Kier alpha value is -1.82. The molecule has 1 unspecified atom stereocenters. The SMILES string of the molecule is Cc1cc(Br)cc2cc(C(=O)N(C)CC(C)C(=O)O)oc12. The highest BCUT2D eigenvalue weighted by Gasteiger charge is 2.21. The number of aryl methyl sites for hydroxylation is 1. The summed E-state index contributed by atoms with van der Waals surface area (Å²) in [6.07, 6.45) is 0. The molecule has 1 amide bonds. The van der Waals surface area contributed by atoms with Crippen molar-refractivity contribution >= 4 is 38.8 Å². The predicted molar refractivity (Wildman–Crippen MR) is 82.4 cm³/mol. The fraction of sp³-hybridized carbons (Fsp3) is 0.333. The molecule has 1 aromatic heterocycles. The number of aliphatic carboxylic acids is 1. The predicted octanol–water partition coefficient (Wildman–Crippen LogP) is 3.30.